The van der Waals surface area contributed by atoms with Gasteiger partial charge in [0.1, 0.15) is 6.61 Å². The van der Waals surface area contributed by atoms with Crippen LogP contribution in [0.25, 0.3) is 0 Å². The van der Waals surface area contributed by atoms with E-state index >= 15 is 0 Å². The minimum atomic E-state index is 0.243. The molecule has 1 saturated heterocycles. The first kappa shape index (κ1) is 12.3. The van der Waals surface area contributed by atoms with E-state index in [2.05, 4.69) is 17.2 Å². The Morgan fingerprint density at radius 2 is 2.47 bits per heavy atom. The van der Waals surface area contributed by atoms with Crippen LogP contribution in [-0.4, -0.2) is 31.3 Å². The summed E-state index contributed by atoms with van der Waals surface area (Å²) in [6.45, 7) is 3.57. The topological polar surface area (TPSA) is 43.4 Å². The summed E-state index contributed by atoms with van der Waals surface area (Å²) in [7, 11) is 1.94. The third kappa shape index (κ3) is 3.41. The fraction of sp³-hybridized carbons (Fsp3) is 0.615. The lowest BCUT2D eigenvalue weighted by molar-refractivity contribution is 0.0663. The van der Waals surface area contributed by atoms with Crippen LogP contribution in [0.15, 0.2) is 18.3 Å². The molecule has 0 aliphatic carbocycles. The van der Waals surface area contributed by atoms with Crippen LogP contribution in [0.3, 0.4) is 0 Å². The molecule has 0 spiro atoms. The fourth-order valence-corrected chi connectivity index (χ4v) is 1.85. The molecule has 1 N–H and O–H groups in total. The maximum Gasteiger partial charge on any atom is 0.213 e. The molecule has 1 fully saturated rings. The highest BCUT2D eigenvalue weighted by Gasteiger charge is 2.16. The molecule has 4 nitrogen and oxygen atoms in total. The summed E-state index contributed by atoms with van der Waals surface area (Å²) >= 11 is 0. The van der Waals surface area contributed by atoms with Gasteiger partial charge in [-0.2, -0.15) is 0 Å². The first-order chi connectivity index (χ1) is 8.29. The number of aromatic nitrogens is 1. The maximum atomic E-state index is 5.60. The van der Waals surface area contributed by atoms with E-state index in [9.17, 15) is 0 Å². The summed E-state index contributed by atoms with van der Waals surface area (Å²) < 4.78 is 11.1. The number of hydrogen-bond donors (Lipinski definition) is 1. The normalized spacial score (nSPS) is 21.4. The highest BCUT2D eigenvalue weighted by Crippen LogP contribution is 2.16. The highest BCUT2D eigenvalue weighted by molar-refractivity contribution is 5.20. The highest BCUT2D eigenvalue weighted by atomic mass is 16.5. The van der Waals surface area contributed by atoms with Crippen molar-refractivity contribution >= 4 is 0 Å². The van der Waals surface area contributed by atoms with E-state index in [4.69, 9.17) is 9.47 Å². The first-order valence-corrected chi connectivity index (χ1v) is 6.17. The van der Waals surface area contributed by atoms with Crippen LogP contribution in [0.2, 0.25) is 0 Å². The molecule has 0 saturated carbocycles. The summed E-state index contributed by atoms with van der Waals surface area (Å²) in [4.78, 5) is 4.29. The van der Waals surface area contributed by atoms with Gasteiger partial charge in [-0.3, -0.25) is 0 Å². The summed E-state index contributed by atoms with van der Waals surface area (Å²) in [6.07, 6.45) is 4.33. The summed E-state index contributed by atoms with van der Waals surface area (Å²) in [5.41, 5.74) is 1.16. The zero-order chi connectivity index (χ0) is 12.1. The Morgan fingerprint density at radius 3 is 3.06 bits per heavy atom. The molecule has 1 aromatic heterocycles. The number of nitrogens with one attached hydrogen (secondary N) is 1. The average molecular weight is 236 g/mol. The minimum absolute atomic E-state index is 0.243. The quantitative estimate of drug-likeness (QED) is 0.848. The zero-order valence-corrected chi connectivity index (χ0v) is 10.5. The molecule has 0 aromatic carbocycles. The second-order valence-corrected chi connectivity index (χ2v) is 4.39. The first-order valence-electron chi connectivity index (χ1n) is 6.17. The van der Waals surface area contributed by atoms with E-state index in [1.54, 1.807) is 0 Å². The zero-order valence-electron chi connectivity index (χ0n) is 10.5. The number of hydrogen-bond acceptors (Lipinski definition) is 4. The third-order valence-electron chi connectivity index (χ3n) is 3.13. The lowest BCUT2D eigenvalue weighted by atomic mass is 10.1. The van der Waals surface area contributed by atoms with E-state index < -0.39 is 0 Å². The van der Waals surface area contributed by atoms with Crippen LogP contribution in [0.1, 0.15) is 31.4 Å². The van der Waals surface area contributed by atoms with E-state index in [1.807, 2.05) is 25.4 Å². The summed E-state index contributed by atoms with van der Waals surface area (Å²) in [6, 6.07) is 4.27. The predicted octanol–water partition coefficient (Wildman–Crippen LogP) is 1.92. The molecule has 1 aromatic rings. The summed E-state index contributed by atoms with van der Waals surface area (Å²) in [5.74, 6) is 0.674. The van der Waals surface area contributed by atoms with Gasteiger partial charge >= 0.3 is 0 Å². The molecule has 2 unspecified atom stereocenters. The fourth-order valence-electron chi connectivity index (χ4n) is 1.85. The van der Waals surface area contributed by atoms with Gasteiger partial charge in [-0.15, -0.1) is 0 Å². The predicted molar refractivity (Wildman–Crippen MR) is 66.2 cm³/mol. The van der Waals surface area contributed by atoms with Gasteiger partial charge in [-0.1, -0.05) is 6.07 Å². The van der Waals surface area contributed by atoms with Crippen LogP contribution in [0, 0.1) is 0 Å². The second kappa shape index (κ2) is 5.98. The molecule has 1 aliphatic heterocycles. The van der Waals surface area contributed by atoms with Gasteiger partial charge in [0, 0.05) is 24.9 Å². The Labute approximate surface area is 102 Å². The Kier molecular flexibility index (Phi) is 4.34. The van der Waals surface area contributed by atoms with Crippen LogP contribution in [-0.2, 0) is 4.74 Å². The molecule has 0 radical (unpaired) electrons. The molecule has 2 heterocycles. The largest absolute Gasteiger partial charge is 0.475 e. The molecular formula is C13H20N2O2. The average Bonchev–Trinajstić information content (AvgIpc) is 2.89. The smallest absolute Gasteiger partial charge is 0.213 e. The number of pyridine rings is 1. The second-order valence-electron chi connectivity index (χ2n) is 4.39. The Morgan fingerprint density at radius 1 is 1.59 bits per heavy atom. The third-order valence-corrected chi connectivity index (χ3v) is 3.13. The minimum Gasteiger partial charge on any atom is -0.475 e. The lowest BCUT2D eigenvalue weighted by Gasteiger charge is -2.12. The van der Waals surface area contributed by atoms with Gasteiger partial charge in [-0.25, -0.2) is 4.98 Å². The molecule has 2 rings (SSSR count). The number of ether oxygens (including phenoxy) is 2. The van der Waals surface area contributed by atoms with Gasteiger partial charge in [0.05, 0.1) is 6.10 Å². The van der Waals surface area contributed by atoms with Crippen LogP contribution in [0.4, 0.5) is 0 Å². The van der Waals surface area contributed by atoms with Gasteiger partial charge < -0.3 is 14.8 Å². The molecule has 1 aliphatic rings. The van der Waals surface area contributed by atoms with Crippen molar-refractivity contribution in [1.29, 1.82) is 0 Å². The van der Waals surface area contributed by atoms with Gasteiger partial charge in [0.2, 0.25) is 5.88 Å². The SMILES string of the molecule is CNC(C)c1ccc(OCC2CCCO2)nc1. The monoisotopic (exact) mass is 236 g/mol. The molecule has 2 atom stereocenters. The van der Waals surface area contributed by atoms with Gasteiger partial charge in [0.15, 0.2) is 0 Å². The number of nitrogens with zero attached hydrogens (tertiary/aromatic N) is 1. The molecule has 17 heavy (non-hydrogen) atoms. The molecule has 0 amide bonds. The van der Waals surface area contributed by atoms with E-state index in [0.29, 0.717) is 18.5 Å². The van der Waals surface area contributed by atoms with Gasteiger partial charge in [0.25, 0.3) is 0 Å². The Hall–Kier alpha value is -1.13. The molecule has 4 heteroatoms. The Bertz CT molecular complexity index is 334. The molecule has 0 bridgehead atoms. The van der Waals surface area contributed by atoms with Crippen molar-refractivity contribution in [3.63, 3.8) is 0 Å². The maximum absolute atomic E-state index is 5.60. The van der Waals surface area contributed by atoms with Crippen molar-refractivity contribution in [3.8, 4) is 5.88 Å². The number of rotatable bonds is 5. The van der Waals surface area contributed by atoms with Crippen molar-refractivity contribution < 1.29 is 9.47 Å². The van der Waals surface area contributed by atoms with Gasteiger partial charge in [-0.05, 0) is 32.4 Å². The van der Waals surface area contributed by atoms with Crippen molar-refractivity contribution in [2.24, 2.45) is 0 Å². The van der Waals surface area contributed by atoms with Crippen LogP contribution in [0.5, 0.6) is 5.88 Å². The Balaban J connectivity index is 1.84. The molecular weight excluding hydrogens is 216 g/mol. The lowest BCUT2D eigenvalue weighted by Crippen LogP contribution is -2.17. The standard InChI is InChI=1S/C13H20N2O2/c1-10(14-2)11-5-6-13(15-8-11)17-9-12-4-3-7-16-12/h5-6,8,10,12,14H,3-4,7,9H2,1-2H3. The van der Waals surface area contributed by atoms with Crippen molar-refractivity contribution in [3.05, 3.63) is 23.9 Å². The van der Waals surface area contributed by atoms with Crippen molar-refractivity contribution in [2.45, 2.75) is 31.9 Å². The van der Waals surface area contributed by atoms with E-state index in [-0.39, 0.29) is 6.10 Å². The van der Waals surface area contributed by atoms with Crippen LogP contribution >= 0.6 is 0 Å². The van der Waals surface area contributed by atoms with Crippen molar-refractivity contribution in [2.75, 3.05) is 20.3 Å². The summed E-state index contributed by atoms with van der Waals surface area (Å²) in [5, 5.41) is 3.18. The van der Waals surface area contributed by atoms with E-state index in [1.165, 1.54) is 0 Å². The van der Waals surface area contributed by atoms with Crippen LogP contribution < -0.4 is 10.1 Å². The molecule has 94 valence electrons. The van der Waals surface area contributed by atoms with E-state index in [0.717, 1.165) is 25.0 Å². The van der Waals surface area contributed by atoms with Crippen molar-refractivity contribution in [1.82, 2.24) is 10.3 Å².